The number of amides is 3. The van der Waals surface area contributed by atoms with Crippen molar-refractivity contribution in [3.63, 3.8) is 0 Å². The monoisotopic (exact) mass is 548 g/mol. The first-order valence-corrected chi connectivity index (χ1v) is 13.3. The number of carbonyl (C=O) groups is 3. The summed E-state index contributed by atoms with van der Waals surface area (Å²) in [5.41, 5.74) is 1.93. The molecule has 0 fully saturated rings. The lowest BCUT2D eigenvalue weighted by atomic mass is 10.2. The molecule has 0 spiro atoms. The van der Waals surface area contributed by atoms with E-state index in [0.29, 0.717) is 22.1 Å². The Hall–Kier alpha value is -3.92. The Morgan fingerprint density at radius 2 is 1.73 bits per heavy atom. The number of hydrogen-bond donors (Lipinski definition) is 3. The van der Waals surface area contributed by atoms with Crippen molar-refractivity contribution >= 4 is 70.0 Å². The first-order valence-electron chi connectivity index (χ1n) is 11.0. The molecule has 2 aromatic carbocycles. The zero-order valence-corrected chi connectivity index (χ0v) is 21.7. The second-order valence-electron chi connectivity index (χ2n) is 7.61. The maximum absolute atomic E-state index is 13.0. The van der Waals surface area contributed by atoms with Gasteiger partial charge in [0.2, 0.25) is 5.91 Å². The highest BCUT2D eigenvalue weighted by atomic mass is 35.5. The summed E-state index contributed by atoms with van der Waals surface area (Å²) < 4.78 is 0. The fraction of sp³-hybridized carbons (Fsp3) is 0.0370. The van der Waals surface area contributed by atoms with E-state index in [1.807, 2.05) is 22.9 Å². The third-order valence-electron chi connectivity index (χ3n) is 4.86. The molecule has 0 aliphatic rings. The molecule has 3 amide bonds. The number of halogens is 1. The van der Waals surface area contributed by atoms with Gasteiger partial charge >= 0.3 is 0 Å². The van der Waals surface area contributed by atoms with Crippen LogP contribution in [0, 0.1) is 0 Å². The van der Waals surface area contributed by atoms with Gasteiger partial charge in [-0.05, 0) is 77.0 Å². The fourth-order valence-corrected chi connectivity index (χ4v) is 4.50. The van der Waals surface area contributed by atoms with Gasteiger partial charge in [0, 0.05) is 22.3 Å². The number of aromatic nitrogens is 1. The predicted octanol–water partition coefficient (Wildman–Crippen LogP) is 5.94. The number of pyridine rings is 1. The summed E-state index contributed by atoms with van der Waals surface area (Å²) in [5.74, 6) is -0.412. The minimum atomic E-state index is -0.453. The summed E-state index contributed by atoms with van der Waals surface area (Å²) in [7, 11) is 0. The number of thioether (sulfide) groups is 1. The molecule has 4 aromatic rings. The minimum Gasteiger partial charge on any atom is -0.321 e. The van der Waals surface area contributed by atoms with Crippen LogP contribution in [0.25, 0.3) is 6.08 Å². The topological polar surface area (TPSA) is 100 Å². The van der Waals surface area contributed by atoms with Gasteiger partial charge in [0.25, 0.3) is 11.8 Å². The van der Waals surface area contributed by atoms with E-state index in [2.05, 4.69) is 20.9 Å². The molecule has 4 rings (SSSR count). The first kappa shape index (κ1) is 26.2. The molecule has 0 aliphatic carbocycles. The number of anilines is 2. The summed E-state index contributed by atoms with van der Waals surface area (Å²) in [6, 6.07) is 20.9. The van der Waals surface area contributed by atoms with Crippen molar-refractivity contribution < 1.29 is 14.4 Å². The van der Waals surface area contributed by atoms with Crippen LogP contribution in [0.4, 0.5) is 11.5 Å². The highest BCUT2D eigenvalue weighted by Gasteiger charge is 2.15. The summed E-state index contributed by atoms with van der Waals surface area (Å²) in [6.07, 6.45) is 3.09. The van der Waals surface area contributed by atoms with Crippen molar-refractivity contribution in [3.8, 4) is 0 Å². The van der Waals surface area contributed by atoms with Crippen molar-refractivity contribution in [2.75, 3.05) is 16.4 Å². The molecule has 0 unspecified atom stereocenters. The largest absolute Gasteiger partial charge is 0.321 e. The standard InChI is InChI=1S/C27H21ClN4O3S2/c28-20-6-11-24(29-15-20)32-25(33)17-37-22-9-7-21(8-10-22)30-27(35)23(14-18-12-13-36-16-18)31-26(34)19-4-2-1-3-5-19/h1-16H,17H2,(H,30,35)(H,31,34)(H,29,32,33)/b23-14-. The Morgan fingerprint density at radius 3 is 2.41 bits per heavy atom. The summed E-state index contributed by atoms with van der Waals surface area (Å²) in [4.78, 5) is 42.8. The first-order chi connectivity index (χ1) is 18.0. The molecular weight excluding hydrogens is 528 g/mol. The van der Waals surface area contributed by atoms with E-state index in [1.165, 1.54) is 29.3 Å². The lowest BCUT2D eigenvalue weighted by Gasteiger charge is -2.11. The van der Waals surface area contributed by atoms with Gasteiger partial charge in [-0.25, -0.2) is 4.98 Å². The minimum absolute atomic E-state index is 0.123. The Kier molecular flexibility index (Phi) is 9.09. The van der Waals surface area contributed by atoms with Crippen LogP contribution in [0.2, 0.25) is 5.02 Å². The summed E-state index contributed by atoms with van der Waals surface area (Å²) in [6.45, 7) is 0. The van der Waals surface area contributed by atoms with Crippen LogP contribution in [0.15, 0.2) is 100 Å². The molecule has 7 nitrogen and oxygen atoms in total. The van der Waals surface area contributed by atoms with E-state index >= 15 is 0 Å². The van der Waals surface area contributed by atoms with E-state index in [-0.39, 0.29) is 23.3 Å². The van der Waals surface area contributed by atoms with Crippen LogP contribution in [0.5, 0.6) is 0 Å². The molecule has 0 saturated heterocycles. The molecular formula is C27H21ClN4O3S2. The third kappa shape index (κ3) is 8.04. The van der Waals surface area contributed by atoms with Crippen LogP contribution >= 0.6 is 34.7 Å². The zero-order valence-electron chi connectivity index (χ0n) is 19.3. The molecule has 0 aliphatic heterocycles. The summed E-state index contributed by atoms with van der Waals surface area (Å²) in [5, 5.41) is 12.5. The van der Waals surface area contributed by atoms with Crippen LogP contribution in [0.3, 0.4) is 0 Å². The van der Waals surface area contributed by atoms with Crippen molar-refractivity contribution in [1.29, 1.82) is 0 Å². The van der Waals surface area contributed by atoms with Crippen molar-refractivity contribution in [2.45, 2.75) is 4.90 Å². The van der Waals surface area contributed by atoms with Crippen LogP contribution in [-0.2, 0) is 9.59 Å². The van der Waals surface area contributed by atoms with E-state index in [0.717, 1.165) is 10.5 Å². The lowest BCUT2D eigenvalue weighted by Crippen LogP contribution is -2.30. The van der Waals surface area contributed by atoms with E-state index in [1.54, 1.807) is 66.7 Å². The number of thiophene rings is 1. The number of benzene rings is 2. The molecule has 2 aromatic heterocycles. The molecule has 0 saturated carbocycles. The quantitative estimate of drug-likeness (QED) is 0.178. The van der Waals surface area contributed by atoms with Crippen LogP contribution in [-0.4, -0.2) is 28.5 Å². The average molecular weight is 549 g/mol. The third-order valence-corrected chi connectivity index (χ3v) is 6.80. The maximum atomic E-state index is 13.0. The SMILES string of the molecule is O=C(CSc1ccc(NC(=O)/C(=C/c2ccsc2)NC(=O)c2ccccc2)cc1)Nc1ccc(Cl)cn1. The molecule has 0 bridgehead atoms. The predicted molar refractivity (Wildman–Crippen MR) is 150 cm³/mol. The second-order valence-corrected chi connectivity index (χ2v) is 9.88. The van der Waals surface area contributed by atoms with E-state index in [4.69, 9.17) is 11.6 Å². The molecule has 2 heterocycles. The number of nitrogens with one attached hydrogen (secondary N) is 3. The summed E-state index contributed by atoms with van der Waals surface area (Å²) >= 11 is 8.64. The molecule has 186 valence electrons. The van der Waals surface area contributed by atoms with Crippen molar-refractivity contribution in [1.82, 2.24) is 10.3 Å². The average Bonchev–Trinajstić information content (AvgIpc) is 3.43. The van der Waals surface area contributed by atoms with Gasteiger partial charge in [0.05, 0.1) is 10.8 Å². The Bertz CT molecular complexity index is 1390. The Morgan fingerprint density at radius 1 is 0.946 bits per heavy atom. The number of nitrogens with zero attached hydrogens (tertiary/aromatic N) is 1. The van der Waals surface area contributed by atoms with Gasteiger partial charge < -0.3 is 16.0 Å². The fourth-order valence-electron chi connectivity index (χ4n) is 3.08. The number of carbonyl (C=O) groups excluding carboxylic acids is 3. The highest BCUT2D eigenvalue weighted by Crippen LogP contribution is 2.21. The normalized spacial score (nSPS) is 11.0. The van der Waals surface area contributed by atoms with Gasteiger partial charge in [0.1, 0.15) is 11.5 Å². The number of hydrogen-bond acceptors (Lipinski definition) is 6. The van der Waals surface area contributed by atoms with Gasteiger partial charge in [-0.1, -0.05) is 29.8 Å². The molecule has 0 atom stereocenters. The van der Waals surface area contributed by atoms with Gasteiger partial charge in [-0.3, -0.25) is 14.4 Å². The lowest BCUT2D eigenvalue weighted by molar-refractivity contribution is -0.114. The Labute approximate surface area is 227 Å². The highest BCUT2D eigenvalue weighted by molar-refractivity contribution is 8.00. The van der Waals surface area contributed by atoms with Gasteiger partial charge in [0.15, 0.2) is 0 Å². The second kappa shape index (κ2) is 12.9. The van der Waals surface area contributed by atoms with Gasteiger partial charge in [-0.15, -0.1) is 11.8 Å². The van der Waals surface area contributed by atoms with Gasteiger partial charge in [-0.2, -0.15) is 11.3 Å². The van der Waals surface area contributed by atoms with Crippen LogP contribution < -0.4 is 16.0 Å². The van der Waals surface area contributed by atoms with Crippen molar-refractivity contribution in [2.24, 2.45) is 0 Å². The Balaban J connectivity index is 1.36. The molecule has 3 N–H and O–H groups in total. The van der Waals surface area contributed by atoms with E-state index in [9.17, 15) is 14.4 Å². The zero-order chi connectivity index (χ0) is 26.0. The number of rotatable bonds is 9. The molecule has 10 heteroatoms. The van der Waals surface area contributed by atoms with Crippen LogP contribution in [0.1, 0.15) is 15.9 Å². The molecule has 0 radical (unpaired) electrons. The molecule has 37 heavy (non-hydrogen) atoms. The van der Waals surface area contributed by atoms with Crippen molar-refractivity contribution in [3.05, 3.63) is 112 Å². The van der Waals surface area contributed by atoms with E-state index < -0.39 is 5.91 Å². The smallest absolute Gasteiger partial charge is 0.272 e. The maximum Gasteiger partial charge on any atom is 0.272 e.